The zero-order valence-electron chi connectivity index (χ0n) is 22.2. The first-order chi connectivity index (χ1) is 18.5. The number of allylic oxidation sites excluding steroid dienone is 1. The fraction of sp³-hybridized carbons (Fsp3) is 0.267. The van der Waals surface area contributed by atoms with Crippen molar-refractivity contribution in [2.24, 2.45) is 5.92 Å². The summed E-state index contributed by atoms with van der Waals surface area (Å²) in [5, 5.41) is 14.8. The average Bonchev–Trinajstić information content (AvgIpc) is 3.75. The summed E-state index contributed by atoms with van der Waals surface area (Å²) in [4.78, 5) is 26.1. The summed E-state index contributed by atoms with van der Waals surface area (Å²) in [6, 6.07) is 16.5. The molecule has 0 bridgehead atoms. The lowest BCUT2D eigenvalue weighted by atomic mass is 9.94. The van der Waals surface area contributed by atoms with E-state index in [1.54, 1.807) is 17.6 Å². The number of carbonyl (C=O) groups excluding carboxylic acids is 2. The Morgan fingerprint density at radius 3 is 2.28 bits per heavy atom. The third-order valence-corrected chi connectivity index (χ3v) is 6.78. The van der Waals surface area contributed by atoms with Crippen LogP contribution in [0.15, 0.2) is 72.1 Å². The van der Waals surface area contributed by atoms with E-state index in [0.29, 0.717) is 18.6 Å². The molecule has 0 heterocycles. The molecule has 0 radical (unpaired) electrons. The molecule has 1 fully saturated rings. The number of ether oxygens (including phenoxy) is 1. The van der Waals surface area contributed by atoms with E-state index in [1.165, 1.54) is 38.3 Å². The lowest BCUT2D eigenvalue weighted by Gasteiger charge is -2.18. The van der Waals surface area contributed by atoms with Gasteiger partial charge in [-0.15, -0.1) is 0 Å². The highest BCUT2D eigenvalue weighted by molar-refractivity contribution is 6.05. The number of carbonyl (C=O) groups is 2. The Bertz CT molecular complexity index is 1430. The maximum Gasteiger partial charge on any atom is 0.276 e. The molecular formula is C30H31F2N3O4. The van der Waals surface area contributed by atoms with Crippen LogP contribution in [0.3, 0.4) is 0 Å². The van der Waals surface area contributed by atoms with Gasteiger partial charge in [0.15, 0.2) is 0 Å². The van der Waals surface area contributed by atoms with E-state index >= 15 is 0 Å². The molecule has 0 atom stereocenters. The van der Waals surface area contributed by atoms with E-state index < -0.39 is 23.7 Å². The number of benzene rings is 3. The Labute approximate surface area is 225 Å². The van der Waals surface area contributed by atoms with Gasteiger partial charge in [-0.2, -0.15) is 0 Å². The Hall–Kier alpha value is -4.24. The zero-order valence-corrected chi connectivity index (χ0v) is 22.2. The van der Waals surface area contributed by atoms with Crippen LogP contribution in [0.4, 0.5) is 14.5 Å². The van der Waals surface area contributed by atoms with Crippen LogP contribution in [0.1, 0.15) is 46.8 Å². The van der Waals surface area contributed by atoms with Gasteiger partial charge in [0, 0.05) is 28.4 Å². The third-order valence-electron chi connectivity index (χ3n) is 6.78. The van der Waals surface area contributed by atoms with Crippen LogP contribution >= 0.6 is 0 Å². The predicted octanol–water partition coefficient (Wildman–Crippen LogP) is 6.06. The number of halogens is 2. The Balaban J connectivity index is 1.56. The maximum absolute atomic E-state index is 14.5. The molecule has 9 heteroatoms. The molecule has 1 saturated carbocycles. The standard InChI is InChI=1S/C30H31F2N3O4/c1-17-7-5-8-18(2)26(17)20-13-21(15-25(14-20)39-4)28(36)33-19(3)27(35-38)29(37)34-24-10-6-9-23(16-24)30(31,32)22-11-12-22/h5-10,13-16,22,35,38H,11-12H2,1-4H3,(H,33,36)(H,34,37)/b27-19-. The number of anilines is 1. The van der Waals surface area contributed by atoms with Crippen molar-refractivity contribution < 1.29 is 28.3 Å². The van der Waals surface area contributed by atoms with Crippen molar-refractivity contribution in [2.45, 2.75) is 39.5 Å². The summed E-state index contributed by atoms with van der Waals surface area (Å²) in [5.41, 5.74) is 5.55. The largest absolute Gasteiger partial charge is 0.497 e. The SMILES string of the molecule is COc1cc(C(=O)N/C(C)=C(\NO)C(=O)Nc2cccc(C(F)(F)C3CC3)c2)cc(-c2c(C)cccc2C)c1. The first-order valence-corrected chi connectivity index (χ1v) is 12.5. The van der Waals surface area contributed by atoms with Crippen molar-refractivity contribution in [3.05, 3.63) is 94.3 Å². The summed E-state index contributed by atoms with van der Waals surface area (Å²) in [5.74, 6) is -4.55. The minimum absolute atomic E-state index is 0.0240. The predicted molar refractivity (Wildman–Crippen MR) is 145 cm³/mol. The number of aryl methyl sites for hydroxylation is 2. The number of hydroxylamine groups is 1. The van der Waals surface area contributed by atoms with Gasteiger partial charge in [-0.25, -0.2) is 8.78 Å². The topological polar surface area (TPSA) is 99.7 Å². The number of hydrogen-bond acceptors (Lipinski definition) is 5. The van der Waals surface area contributed by atoms with Gasteiger partial charge in [0.05, 0.1) is 7.11 Å². The molecule has 3 aromatic carbocycles. The molecule has 7 nitrogen and oxygen atoms in total. The number of rotatable bonds is 9. The maximum atomic E-state index is 14.5. The minimum atomic E-state index is -2.98. The Morgan fingerprint density at radius 1 is 1.00 bits per heavy atom. The van der Waals surface area contributed by atoms with E-state index in [4.69, 9.17) is 4.74 Å². The molecule has 2 amide bonds. The smallest absolute Gasteiger partial charge is 0.276 e. The highest BCUT2D eigenvalue weighted by Gasteiger charge is 2.47. The second-order valence-electron chi connectivity index (χ2n) is 9.72. The molecule has 3 aromatic rings. The summed E-state index contributed by atoms with van der Waals surface area (Å²) >= 11 is 0. The van der Waals surface area contributed by atoms with Crippen molar-refractivity contribution in [1.29, 1.82) is 0 Å². The van der Waals surface area contributed by atoms with Gasteiger partial charge in [0.2, 0.25) is 0 Å². The van der Waals surface area contributed by atoms with Crippen LogP contribution in [0.2, 0.25) is 0 Å². The lowest BCUT2D eigenvalue weighted by Crippen LogP contribution is -2.31. The average molecular weight is 536 g/mol. The summed E-state index contributed by atoms with van der Waals surface area (Å²) in [6.45, 7) is 5.39. The van der Waals surface area contributed by atoms with Gasteiger partial charge in [-0.3, -0.25) is 20.3 Å². The van der Waals surface area contributed by atoms with E-state index in [0.717, 1.165) is 22.3 Å². The molecule has 4 rings (SSSR count). The molecule has 0 saturated heterocycles. The van der Waals surface area contributed by atoms with Crippen molar-refractivity contribution in [1.82, 2.24) is 10.8 Å². The van der Waals surface area contributed by atoms with Crippen molar-refractivity contribution >= 4 is 17.5 Å². The van der Waals surface area contributed by atoms with Gasteiger partial charge >= 0.3 is 0 Å². The summed E-state index contributed by atoms with van der Waals surface area (Å²) in [7, 11) is 1.50. The molecule has 204 valence electrons. The van der Waals surface area contributed by atoms with Gasteiger partial charge < -0.3 is 15.4 Å². The Morgan fingerprint density at radius 2 is 1.67 bits per heavy atom. The van der Waals surface area contributed by atoms with Crippen LogP contribution in [0.25, 0.3) is 11.1 Å². The van der Waals surface area contributed by atoms with E-state index in [9.17, 15) is 23.6 Å². The first kappa shape index (κ1) is 27.8. The number of amides is 2. The normalized spacial score (nSPS) is 13.8. The van der Waals surface area contributed by atoms with Crippen LogP contribution in [-0.4, -0.2) is 24.1 Å². The second kappa shape index (κ2) is 11.2. The first-order valence-electron chi connectivity index (χ1n) is 12.5. The minimum Gasteiger partial charge on any atom is -0.497 e. The lowest BCUT2D eigenvalue weighted by molar-refractivity contribution is -0.114. The van der Waals surface area contributed by atoms with Crippen LogP contribution < -0.4 is 20.9 Å². The second-order valence-corrected chi connectivity index (χ2v) is 9.72. The highest BCUT2D eigenvalue weighted by atomic mass is 19.3. The summed E-state index contributed by atoms with van der Waals surface area (Å²) in [6.07, 6.45) is 0.923. The number of methoxy groups -OCH3 is 1. The van der Waals surface area contributed by atoms with Crippen LogP contribution in [0, 0.1) is 19.8 Å². The van der Waals surface area contributed by atoms with Crippen molar-refractivity contribution in [3.8, 4) is 16.9 Å². The van der Waals surface area contributed by atoms with Crippen molar-refractivity contribution in [2.75, 3.05) is 12.4 Å². The number of nitrogens with one attached hydrogen (secondary N) is 3. The monoisotopic (exact) mass is 535 g/mol. The molecule has 1 aliphatic carbocycles. The van der Waals surface area contributed by atoms with E-state index in [2.05, 4.69) is 10.6 Å². The van der Waals surface area contributed by atoms with E-state index in [-0.39, 0.29) is 28.2 Å². The van der Waals surface area contributed by atoms with Gasteiger partial charge in [-0.05, 0) is 86.2 Å². The molecular weight excluding hydrogens is 504 g/mol. The van der Waals surface area contributed by atoms with Crippen LogP contribution in [-0.2, 0) is 10.7 Å². The fourth-order valence-electron chi connectivity index (χ4n) is 4.55. The quantitative estimate of drug-likeness (QED) is 0.197. The molecule has 39 heavy (non-hydrogen) atoms. The van der Waals surface area contributed by atoms with Gasteiger partial charge in [0.1, 0.15) is 11.4 Å². The molecule has 0 unspecified atom stereocenters. The molecule has 0 spiro atoms. The number of alkyl halides is 2. The molecule has 1 aliphatic rings. The number of hydrogen-bond donors (Lipinski definition) is 4. The molecule has 0 aliphatic heterocycles. The highest BCUT2D eigenvalue weighted by Crippen LogP contribution is 2.49. The Kier molecular flexibility index (Phi) is 8.01. The zero-order chi connectivity index (χ0) is 28.3. The fourth-order valence-corrected chi connectivity index (χ4v) is 4.55. The molecule has 4 N–H and O–H groups in total. The van der Waals surface area contributed by atoms with E-state index in [1.807, 2.05) is 38.1 Å². The summed E-state index contributed by atoms with van der Waals surface area (Å²) < 4.78 is 34.5. The van der Waals surface area contributed by atoms with Gasteiger partial charge in [-0.1, -0.05) is 30.3 Å². The van der Waals surface area contributed by atoms with Gasteiger partial charge in [0.25, 0.3) is 17.7 Å². The van der Waals surface area contributed by atoms with Crippen molar-refractivity contribution in [3.63, 3.8) is 0 Å². The molecule has 0 aromatic heterocycles. The third kappa shape index (κ3) is 6.09. The van der Waals surface area contributed by atoms with Crippen LogP contribution in [0.5, 0.6) is 5.75 Å².